The molecule has 0 spiro atoms. The van der Waals surface area contributed by atoms with E-state index in [0.717, 1.165) is 30.4 Å². The van der Waals surface area contributed by atoms with Crippen LogP contribution in [0, 0.1) is 0 Å². The van der Waals surface area contributed by atoms with Crippen molar-refractivity contribution < 1.29 is 4.79 Å². The lowest BCUT2D eigenvalue weighted by Gasteiger charge is -2.22. The average molecular weight is 454 g/mol. The number of carbonyl (C=O) groups excluding carboxylic acids is 1. The Labute approximate surface area is 198 Å². The molecule has 0 atom stereocenters. The SMILES string of the molecule is CC(C)n1cnnc1-c1cccc(NC(=O)c2ccc3cc(C4=CCN(C)CC4)ccc3n2)n1. The lowest BCUT2D eigenvalue weighted by atomic mass is 9.98. The van der Waals surface area contributed by atoms with Crippen molar-refractivity contribution in [2.45, 2.75) is 26.3 Å². The highest BCUT2D eigenvalue weighted by Crippen LogP contribution is 2.25. The van der Waals surface area contributed by atoms with Crippen molar-refractivity contribution in [3.05, 3.63) is 72.2 Å². The Morgan fingerprint density at radius 2 is 1.97 bits per heavy atom. The van der Waals surface area contributed by atoms with Crippen LogP contribution in [0.1, 0.15) is 42.4 Å². The second kappa shape index (κ2) is 9.15. The molecule has 0 saturated heterocycles. The third kappa shape index (κ3) is 4.45. The normalized spacial score (nSPS) is 14.4. The summed E-state index contributed by atoms with van der Waals surface area (Å²) in [6.07, 6.45) is 5.00. The molecule has 5 rings (SSSR count). The fourth-order valence-corrected chi connectivity index (χ4v) is 4.10. The van der Waals surface area contributed by atoms with E-state index in [4.69, 9.17) is 0 Å². The van der Waals surface area contributed by atoms with Crippen LogP contribution in [0.15, 0.2) is 60.9 Å². The molecule has 0 fully saturated rings. The standard InChI is InChI=1S/C26H27N7O/c1-17(2)33-16-27-31-25(33)22-5-4-6-24(29-22)30-26(34)23-10-8-20-15-19(7-9-21(20)28-23)18-11-13-32(3)14-12-18/h4-11,15-17H,12-14H2,1-3H3,(H,29,30,34). The van der Waals surface area contributed by atoms with E-state index < -0.39 is 0 Å². The Bertz CT molecular complexity index is 1390. The van der Waals surface area contributed by atoms with Crippen LogP contribution in [0.2, 0.25) is 0 Å². The zero-order chi connectivity index (χ0) is 23.7. The minimum Gasteiger partial charge on any atom is -0.310 e. The summed E-state index contributed by atoms with van der Waals surface area (Å²) in [5.74, 6) is 0.789. The maximum Gasteiger partial charge on any atom is 0.275 e. The summed E-state index contributed by atoms with van der Waals surface area (Å²) in [6.45, 7) is 6.14. The monoisotopic (exact) mass is 453 g/mol. The van der Waals surface area contributed by atoms with E-state index in [-0.39, 0.29) is 11.9 Å². The van der Waals surface area contributed by atoms with Crippen molar-refractivity contribution in [1.29, 1.82) is 0 Å². The van der Waals surface area contributed by atoms with E-state index in [2.05, 4.69) is 69.5 Å². The number of nitrogens with one attached hydrogen (secondary N) is 1. The smallest absolute Gasteiger partial charge is 0.275 e. The third-order valence-corrected chi connectivity index (χ3v) is 6.05. The Balaban J connectivity index is 1.36. The number of fused-ring (bicyclic) bond motifs is 1. The number of aromatic nitrogens is 5. The van der Waals surface area contributed by atoms with Crippen LogP contribution in [0.25, 0.3) is 28.0 Å². The third-order valence-electron chi connectivity index (χ3n) is 6.05. The lowest BCUT2D eigenvalue weighted by Crippen LogP contribution is -2.23. The molecule has 1 aromatic carbocycles. The molecule has 8 nitrogen and oxygen atoms in total. The molecule has 34 heavy (non-hydrogen) atoms. The van der Waals surface area contributed by atoms with E-state index >= 15 is 0 Å². The highest BCUT2D eigenvalue weighted by molar-refractivity contribution is 6.03. The number of pyridine rings is 2. The van der Waals surface area contributed by atoms with Crippen LogP contribution in [-0.2, 0) is 0 Å². The molecule has 8 heteroatoms. The number of benzene rings is 1. The molecule has 1 aliphatic rings. The van der Waals surface area contributed by atoms with Crippen LogP contribution in [0.3, 0.4) is 0 Å². The summed E-state index contributed by atoms with van der Waals surface area (Å²) in [4.78, 5) is 24.4. The Hall–Kier alpha value is -3.91. The molecule has 0 unspecified atom stereocenters. The van der Waals surface area contributed by atoms with Crippen LogP contribution in [0.5, 0.6) is 0 Å². The van der Waals surface area contributed by atoms with Crippen LogP contribution >= 0.6 is 0 Å². The Kier molecular flexibility index (Phi) is 5.90. The van der Waals surface area contributed by atoms with Crippen LogP contribution < -0.4 is 5.32 Å². The van der Waals surface area contributed by atoms with Crippen molar-refractivity contribution in [1.82, 2.24) is 29.6 Å². The highest BCUT2D eigenvalue weighted by atomic mass is 16.1. The van der Waals surface area contributed by atoms with Crippen molar-refractivity contribution in [2.24, 2.45) is 0 Å². The number of rotatable bonds is 5. The summed E-state index contributed by atoms with van der Waals surface area (Å²) in [7, 11) is 2.13. The van der Waals surface area contributed by atoms with Gasteiger partial charge in [0.25, 0.3) is 5.91 Å². The molecule has 3 aromatic heterocycles. The van der Waals surface area contributed by atoms with Crippen molar-refractivity contribution in [2.75, 3.05) is 25.5 Å². The fraction of sp³-hybridized carbons (Fsp3) is 0.269. The molecule has 1 amide bonds. The molecule has 1 N–H and O–H groups in total. The molecular formula is C26H27N7O. The predicted octanol–water partition coefficient (Wildman–Crippen LogP) is 4.44. The van der Waals surface area contributed by atoms with Gasteiger partial charge in [-0.25, -0.2) is 9.97 Å². The summed E-state index contributed by atoms with van der Waals surface area (Å²) in [5.41, 5.74) is 4.36. The Morgan fingerprint density at radius 1 is 1.09 bits per heavy atom. The van der Waals surface area contributed by atoms with Gasteiger partial charge in [0.1, 0.15) is 23.5 Å². The van der Waals surface area contributed by atoms with Gasteiger partial charge in [0.2, 0.25) is 0 Å². The lowest BCUT2D eigenvalue weighted by molar-refractivity contribution is 0.102. The number of carbonyl (C=O) groups is 1. The topological polar surface area (TPSA) is 88.8 Å². The second-order valence-electron chi connectivity index (χ2n) is 8.86. The summed E-state index contributed by atoms with van der Waals surface area (Å²) in [5, 5.41) is 12.1. The molecule has 0 radical (unpaired) electrons. The van der Waals surface area contributed by atoms with E-state index in [9.17, 15) is 4.79 Å². The van der Waals surface area contributed by atoms with E-state index in [1.165, 1.54) is 11.1 Å². The van der Waals surface area contributed by atoms with E-state index in [1.807, 2.05) is 28.8 Å². The van der Waals surface area contributed by atoms with E-state index in [1.54, 1.807) is 18.5 Å². The van der Waals surface area contributed by atoms with Crippen LogP contribution in [-0.4, -0.2) is 55.7 Å². The average Bonchev–Trinajstić information content (AvgIpc) is 3.35. The van der Waals surface area contributed by atoms with E-state index in [0.29, 0.717) is 23.0 Å². The summed E-state index contributed by atoms with van der Waals surface area (Å²) < 4.78 is 1.94. The van der Waals surface area contributed by atoms with Gasteiger partial charge in [-0.05, 0) is 68.8 Å². The number of amides is 1. The first-order valence-corrected chi connectivity index (χ1v) is 11.4. The van der Waals surface area contributed by atoms with Gasteiger partial charge in [-0.1, -0.05) is 24.3 Å². The molecule has 172 valence electrons. The molecule has 1 aliphatic heterocycles. The van der Waals surface area contributed by atoms with Crippen molar-refractivity contribution >= 4 is 28.2 Å². The molecule has 0 saturated carbocycles. The quantitative estimate of drug-likeness (QED) is 0.481. The van der Waals surface area contributed by atoms with Gasteiger partial charge in [-0.15, -0.1) is 10.2 Å². The van der Waals surface area contributed by atoms with Gasteiger partial charge in [0.15, 0.2) is 5.82 Å². The molecule has 0 aliphatic carbocycles. The number of hydrogen-bond donors (Lipinski definition) is 1. The predicted molar refractivity (Wildman–Crippen MR) is 133 cm³/mol. The number of hydrogen-bond acceptors (Lipinski definition) is 6. The largest absolute Gasteiger partial charge is 0.310 e. The van der Waals surface area contributed by atoms with Gasteiger partial charge >= 0.3 is 0 Å². The maximum atomic E-state index is 12.9. The van der Waals surface area contributed by atoms with Crippen molar-refractivity contribution in [3.63, 3.8) is 0 Å². The molecular weight excluding hydrogens is 426 g/mol. The zero-order valence-electron chi connectivity index (χ0n) is 19.6. The van der Waals surface area contributed by atoms with Gasteiger partial charge in [-0.3, -0.25) is 4.79 Å². The molecule has 4 heterocycles. The second-order valence-corrected chi connectivity index (χ2v) is 8.86. The molecule has 0 bridgehead atoms. The van der Waals surface area contributed by atoms with Gasteiger partial charge in [0.05, 0.1) is 5.52 Å². The first-order chi connectivity index (χ1) is 16.5. The minimum atomic E-state index is -0.307. The van der Waals surface area contributed by atoms with Gasteiger partial charge in [0, 0.05) is 24.5 Å². The highest BCUT2D eigenvalue weighted by Gasteiger charge is 2.15. The molecule has 4 aromatic rings. The van der Waals surface area contributed by atoms with Crippen LogP contribution in [0.4, 0.5) is 5.82 Å². The van der Waals surface area contributed by atoms with Crippen molar-refractivity contribution in [3.8, 4) is 11.5 Å². The van der Waals surface area contributed by atoms with Gasteiger partial charge < -0.3 is 14.8 Å². The number of anilines is 1. The maximum absolute atomic E-state index is 12.9. The number of likely N-dealkylation sites (N-methyl/N-ethyl adjacent to an activating group) is 1. The van der Waals surface area contributed by atoms with Gasteiger partial charge in [-0.2, -0.15) is 0 Å². The summed E-state index contributed by atoms with van der Waals surface area (Å²) in [6, 6.07) is 15.6. The first-order valence-electron chi connectivity index (χ1n) is 11.4. The first kappa shape index (κ1) is 21.9. The fourth-order valence-electron chi connectivity index (χ4n) is 4.10. The minimum absolute atomic E-state index is 0.197. The summed E-state index contributed by atoms with van der Waals surface area (Å²) >= 11 is 0. The number of nitrogens with zero attached hydrogens (tertiary/aromatic N) is 6. The zero-order valence-corrected chi connectivity index (χ0v) is 19.6. The Morgan fingerprint density at radius 3 is 2.76 bits per heavy atom.